The minimum Gasteiger partial charge on any atom is -0.480 e. The highest BCUT2D eigenvalue weighted by molar-refractivity contribution is 5.75. The van der Waals surface area contributed by atoms with Crippen LogP contribution >= 0.6 is 0 Å². The fourth-order valence-corrected chi connectivity index (χ4v) is 3.81. The lowest BCUT2D eigenvalue weighted by Crippen LogP contribution is -2.51. The Labute approximate surface area is 197 Å². The molecule has 1 aliphatic rings. The first kappa shape index (κ1) is 23.4. The Morgan fingerprint density at radius 2 is 1.79 bits per heavy atom. The average molecular weight is 468 g/mol. The lowest BCUT2D eigenvalue weighted by Gasteiger charge is -2.36. The summed E-state index contributed by atoms with van der Waals surface area (Å²) in [5.74, 6) is 0.347. The van der Waals surface area contributed by atoms with Gasteiger partial charge in [-0.3, -0.25) is 19.3 Å². The molecule has 3 aromatic rings. The van der Waals surface area contributed by atoms with Crippen molar-refractivity contribution in [3.63, 3.8) is 0 Å². The van der Waals surface area contributed by atoms with Gasteiger partial charge in [0.25, 0.3) is 5.56 Å². The molecule has 4 heterocycles. The molecule has 0 aliphatic carbocycles. The molecule has 1 aliphatic heterocycles. The molecule has 4 rings (SSSR count). The molecule has 11 nitrogen and oxygen atoms in total. The van der Waals surface area contributed by atoms with Crippen molar-refractivity contribution in [2.45, 2.75) is 39.8 Å². The maximum absolute atomic E-state index is 13.7. The fourth-order valence-electron chi connectivity index (χ4n) is 3.81. The maximum Gasteiger partial charge on any atom is 0.410 e. The minimum atomic E-state index is -0.557. The normalized spacial score (nSPS) is 14.4. The lowest BCUT2D eigenvalue weighted by molar-refractivity contribution is 0.0240. The third-order valence-corrected chi connectivity index (χ3v) is 5.40. The second-order valence-electron chi connectivity index (χ2n) is 9.11. The lowest BCUT2D eigenvalue weighted by atomic mass is 10.2. The summed E-state index contributed by atoms with van der Waals surface area (Å²) in [4.78, 5) is 47.3. The Balaban J connectivity index is 1.67. The number of hydrogen-bond acceptors (Lipinski definition) is 9. The van der Waals surface area contributed by atoms with Gasteiger partial charge in [0, 0.05) is 44.8 Å². The summed E-state index contributed by atoms with van der Waals surface area (Å²) in [6.07, 6.45) is 4.42. The van der Waals surface area contributed by atoms with Crippen molar-refractivity contribution in [1.82, 2.24) is 29.4 Å². The molecule has 0 spiro atoms. The SMILES string of the molecule is COc1nccnc1Cn1c(=O)c(N2CCN(C(=O)OC(C)(C)C)CC2)cc2ncc(C)nc21. The van der Waals surface area contributed by atoms with Crippen LogP contribution in [0.1, 0.15) is 32.2 Å². The number of carbonyl (C=O) groups is 1. The smallest absolute Gasteiger partial charge is 0.410 e. The molecular formula is C23H29N7O4. The third-order valence-electron chi connectivity index (χ3n) is 5.40. The van der Waals surface area contributed by atoms with E-state index < -0.39 is 5.60 Å². The highest BCUT2D eigenvalue weighted by Crippen LogP contribution is 2.21. The van der Waals surface area contributed by atoms with Gasteiger partial charge in [-0.05, 0) is 33.8 Å². The van der Waals surface area contributed by atoms with Crippen LogP contribution in [-0.2, 0) is 11.3 Å². The third kappa shape index (κ3) is 4.92. The van der Waals surface area contributed by atoms with Gasteiger partial charge in [0.05, 0.1) is 19.3 Å². The van der Waals surface area contributed by atoms with Gasteiger partial charge in [-0.15, -0.1) is 0 Å². The molecule has 34 heavy (non-hydrogen) atoms. The summed E-state index contributed by atoms with van der Waals surface area (Å²) in [5, 5.41) is 0. The van der Waals surface area contributed by atoms with Gasteiger partial charge in [0.2, 0.25) is 5.88 Å². The molecule has 0 bridgehead atoms. The molecule has 1 amide bonds. The Kier molecular flexibility index (Phi) is 6.36. The number of aryl methyl sites for hydroxylation is 1. The second-order valence-corrected chi connectivity index (χ2v) is 9.11. The second kappa shape index (κ2) is 9.24. The van der Waals surface area contributed by atoms with Crippen LogP contribution in [-0.4, -0.2) is 74.4 Å². The molecule has 1 saturated heterocycles. The molecule has 0 radical (unpaired) electrons. The van der Waals surface area contributed by atoms with E-state index in [1.165, 1.54) is 13.3 Å². The number of anilines is 1. The summed E-state index contributed by atoms with van der Waals surface area (Å²) in [6, 6.07) is 1.76. The predicted molar refractivity (Wildman–Crippen MR) is 126 cm³/mol. The van der Waals surface area contributed by atoms with E-state index in [0.29, 0.717) is 60.3 Å². The quantitative estimate of drug-likeness (QED) is 0.568. The van der Waals surface area contributed by atoms with Gasteiger partial charge in [-0.1, -0.05) is 0 Å². The van der Waals surface area contributed by atoms with Crippen molar-refractivity contribution >= 4 is 22.9 Å². The van der Waals surface area contributed by atoms with Crippen LogP contribution in [0, 0.1) is 6.92 Å². The van der Waals surface area contributed by atoms with Gasteiger partial charge in [-0.2, -0.15) is 0 Å². The molecule has 0 unspecified atom stereocenters. The number of ether oxygens (including phenoxy) is 2. The number of carbonyl (C=O) groups excluding carboxylic acids is 1. The van der Waals surface area contributed by atoms with Crippen LogP contribution in [0.5, 0.6) is 5.88 Å². The Hall–Kier alpha value is -3.76. The predicted octanol–water partition coefficient (Wildman–Crippen LogP) is 2.00. The van der Waals surface area contributed by atoms with Crippen LogP contribution in [0.25, 0.3) is 11.2 Å². The van der Waals surface area contributed by atoms with Gasteiger partial charge in [0.15, 0.2) is 5.65 Å². The zero-order valence-electron chi connectivity index (χ0n) is 20.1. The number of methoxy groups -OCH3 is 1. The van der Waals surface area contributed by atoms with E-state index >= 15 is 0 Å². The molecule has 180 valence electrons. The van der Waals surface area contributed by atoms with Crippen LogP contribution in [0.3, 0.4) is 0 Å². The number of hydrogen-bond donors (Lipinski definition) is 0. The number of amides is 1. The number of pyridine rings is 1. The van der Waals surface area contributed by atoms with Crippen LogP contribution in [0.4, 0.5) is 10.5 Å². The summed E-state index contributed by atoms with van der Waals surface area (Å²) >= 11 is 0. The van der Waals surface area contributed by atoms with Gasteiger partial charge < -0.3 is 19.3 Å². The largest absolute Gasteiger partial charge is 0.480 e. The fraction of sp³-hybridized carbons (Fsp3) is 0.478. The Bertz CT molecular complexity index is 1260. The number of fused-ring (bicyclic) bond motifs is 1. The molecule has 11 heteroatoms. The molecule has 0 saturated carbocycles. The summed E-state index contributed by atoms with van der Waals surface area (Å²) in [7, 11) is 1.51. The van der Waals surface area contributed by atoms with E-state index in [1.807, 2.05) is 32.6 Å². The first-order valence-corrected chi connectivity index (χ1v) is 11.1. The molecule has 0 aromatic carbocycles. The van der Waals surface area contributed by atoms with Gasteiger partial charge in [-0.25, -0.2) is 14.8 Å². The minimum absolute atomic E-state index is 0.135. The zero-order chi connectivity index (χ0) is 24.5. The molecule has 3 aromatic heterocycles. The topological polar surface area (TPSA) is 116 Å². The van der Waals surface area contributed by atoms with Gasteiger partial charge >= 0.3 is 6.09 Å². The number of aromatic nitrogens is 5. The highest BCUT2D eigenvalue weighted by atomic mass is 16.6. The van der Waals surface area contributed by atoms with Crippen molar-refractivity contribution in [2.24, 2.45) is 0 Å². The van der Waals surface area contributed by atoms with Crippen molar-refractivity contribution < 1.29 is 14.3 Å². The standard InChI is InChI=1S/C23H29N7O4/c1-15-13-26-16-12-18(28-8-10-29(11-9-28)22(32)34-23(2,3)4)21(31)30(19(16)27-15)14-17-20(33-5)25-7-6-24-17/h6-7,12-13H,8-11,14H2,1-5H3. The Morgan fingerprint density at radius 3 is 2.47 bits per heavy atom. The average Bonchev–Trinajstić information content (AvgIpc) is 2.80. The van der Waals surface area contributed by atoms with E-state index in [9.17, 15) is 9.59 Å². The molecular weight excluding hydrogens is 438 g/mol. The van der Waals surface area contributed by atoms with E-state index in [2.05, 4.69) is 19.9 Å². The molecule has 0 atom stereocenters. The van der Waals surface area contributed by atoms with Crippen LogP contribution in [0.2, 0.25) is 0 Å². The number of nitrogens with zero attached hydrogens (tertiary/aromatic N) is 7. The maximum atomic E-state index is 13.7. The van der Waals surface area contributed by atoms with Crippen molar-refractivity contribution in [3.05, 3.63) is 46.4 Å². The van der Waals surface area contributed by atoms with E-state index in [0.717, 1.165) is 0 Å². The van der Waals surface area contributed by atoms with Crippen LogP contribution in [0.15, 0.2) is 29.5 Å². The number of piperazine rings is 1. The first-order valence-electron chi connectivity index (χ1n) is 11.1. The summed E-state index contributed by atoms with van der Waals surface area (Å²) < 4.78 is 12.4. The highest BCUT2D eigenvalue weighted by Gasteiger charge is 2.28. The summed E-state index contributed by atoms with van der Waals surface area (Å²) in [6.45, 7) is 9.37. The molecule has 1 fully saturated rings. The Morgan fingerprint density at radius 1 is 1.09 bits per heavy atom. The van der Waals surface area contributed by atoms with E-state index in [4.69, 9.17) is 9.47 Å². The zero-order valence-corrected chi connectivity index (χ0v) is 20.1. The van der Waals surface area contributed by atoms with Crippen molar-refractivity contribution in [1.29, 1.82) is 0 Å². The first-order chi connectivity index (χ1) is 16.2. The molecule has 0 N–H and O–H groups in total. The monoisotopic (exact) mass is 467 g/mol. The van der Waals surface area contributed by atoms with Gasteiger partial charge in [0.1, 0.15) is 22.5 Å². The van der Waals surface area contributed by atoms with Crippen LogP contribution < -0.4 is 15.2 Å². The van der Waals surface area contributed by atoms with E-state index in [-0.39, 0.29) is 18.2 Å². The number of rotatable bonds is 4. The van der Waals surface area contributed by atoms with Crippen molar-refractivity contribution in [3.8, 4) is 5.88 Å². The van der Waals surface area contributed by atoms with Crippen molar-refractivity contribution in [2.75, 3.05) is 38.2 Å². The van der Waals surface area contributed by atoms with E-state index in [1.54, 1.807) is 27.9 Å². The summed E-state index contributed by atoms with van der Waals surface area (Å²) in [5.41, 5.74) is 2.00.